The smallest absolute Gasteiger partial charge is 0.229 e. The third kappa shape index (κ3) is 2.77. The van der Waals surface area contributed by atoms with E-state index in [0.717, 1.165) is 0 Å². The summed E-state index contributed by atoms with van der Waals surface area (Å²) >= 11 is 0. The molecule has 2 aromatic rings. The van der Waals surface area contributed by atoms with E-state index in [9.17, 15) is 14.0 Å². The molecule has 0 bridgehead atoms. The first-order valence-corrected chi connectivity index (χ1v) is 7.35. The molecule has 0 saturated carbocycles. The lowest BCUT2D eigenvalue weighted by molar-refractivity contribution is -0.127. The Hall–Kier alpha value is -2.48. The van der Waals surface area contributed by atoms with Gasteiger partial charge in [-0.25, -0.2) is 4.39 Å². The minimum absolute atomic E-state index is 0.0345. The van der Waals surface area contributed by atoms with Crippen LogP contribution in [0.3, 0.4) is 0 Å². The molecule has 0 radical (unpaired) electrons. The number of carbonyl (C=O) groups excluding carboxylic acids is 2. The van der Waals surface area contributed by atoms with E-state index in [1.807, 2.05) is 0 Å². The molecule has 1 fully saturated rings. The summed E-state index contributed by atoms with van der Waals surface area (Å²) in [5, 5.41) is 18.6. The maximum absolute atomic E-state index is 14.0. The molecule has 1 aliphatic rings. The van der Waals surface area contributed by atoms with Crippen LogP contribution in [-0.4, -0.2) is 46.3 Å². The maximum atomic E-state index is 14.0. The number of H-pyrrole nitrogens is 1. The second kappa shape index (κ2) is 5.96. The van der Waals surface area contributed by atoms with E-state index in [-0.39, 0.29) is 48.6 Å². The van der Waals surface area contributed by atoms with Gasteiger partial charge >= 0.3 is 0 Å². The van der Waals surface area contributed by atoms with Crippen molar-refractivity contribution in [2.45, 2.75) is 19.4 Å². The molecule has 7 nitrogen and oxygen atoms in total. The molecule has 1 aromatic heterocycles. The molecule has 1 saturated heterocycles. The minimum atomic E-state index is -0.546. The van der Waals surface area contributed by atoms with Crippen molar-refractivity contribution >= 4 is 28.5 Å². The summed E-state index contributed by atoms with van der Waals surface area (Å²) in [6, 6.07) is 4.14. The molecule has 1 aliphatic heterocycles. The summed E-state index contributed by atoms with van der Waals surface area (Å²) in [7, 11) is 0. The van der Waals surface area contributed by atoms with Gasteiger partial charge in [-0.3, -0.25) is 19.6 Å². The highest BCUT2D eigenvalue weighted by Crippen LogP contribution is 2.31. The molecular formula is C15H17FN4O3. The third-order valence-corrected chi connectivity index (χ3v) is 3.93. The summed E-state index contributed by atoms with van der Waals surface area (Å²) < 4.78 is 14.0. The first-order chi connectivity index (χ1) is 11.0. The number of aliphatic hydroxyl groups excluding tert-OH is 1. The van der Waals surface area contributed by atoms with Crippen molar-refractivity contribution in [2.24, 2.45) is 5.92 Å². The number of rotatable bonds is 4. The molecule has 0 aliphatic carbocycles. The number of nitrogens with one attached hydrogen (secondary N) is 2. The van der Waals surface area contributed by atoms with Crippen LogP contribution >= 0.6 is 0 Å². The number of anilines is 1. The highest BCUT2D eigenvalue weighted by Gasteiger charge is 2.37. The summed E-state index contributed by atoms with van der Waals surface area (Å²) in [6.45, 7) is 1.63. The first-order valence-electron chi connectivity index (χ1n) is 7.35. The fourth-order valence-corrected chi connectivity index (χ4v) is 2.70. The lowest BCUT2D eigenvalue weighted by Crippen LogP contribution is -2.40. The fraction of sp³-hybridized carbons (Fsp3) is 0.400. The fourth-order valence-electron chi connectivity index (χ4n) is 2.70. The zero-order chi connectivity index (χ0) is 16.6. The molecule has 23 heavy (non-hydrogen) atoms. The van der Waals surface area contributed by atoms with Crippen LogP contribution in [0.4, 0.5) is 10.2 Å². The molecule has 8 heteroatoms. The van der Waals surface area contributed by atoms with Crippen LogP contribution in [0.1, 0.15) is 13.3 Å². The van der Waals surface area contributed by atoms with Crippen LogP contribution in [0.5, 0.6) is 0 Å². The van der Waals surface area contributed by atoms with Gasteiger partial charge in [0, 0.05) is 19.0 Å². The molecule has 3 rings (SSSR count). The van der Waals surface area contributed by atoms with E-state index >= 15 is 0 Å². The van der Waals surface area contributed by atoms with Crippen molar-refractivity contribution in [1.29, 1.82) is 0 Å². The van der Waals surface area contributed by atoms with E-state index in [2.05, 4.69) is 15.5 Å². The molecule has 1 aromatic carbocycles. The Balaban J connectivity index is 1.84. The zero-order valence-electron chi connectivity index (χ0n) is 12.5. The average molecular weight is 320 g/mol. The number of amides is 2. The van der Waals surface area contributed by atoms with Gasteiger partial charge < -0.3 is 10.4 Å². The minimum Gasteiger partial charge on any atom is -0.394 e. The van der Waals surface area contributed by atoms with Crippen molar-refractivity contribution < 1.29 is 19.1 Å². The van der Waals surface area contributed by atoms with E-state index in [0.29, 0.717) is 5.52 Å². The van der Waals surface area contributed by atoms with Gasteiger partial charge in [-0.1, -0.05) is 6.07 Å². The van der Waals surface area contributed by atoms with Crippen molar-refractivity contribution in [2.75, 3.05) is 18.1 Å². The van der Waals surface area contributed by atoms with Crippen LogP contribution in [0.2, 0.25) is 0 Å². The largest absolute Gasteiger partial charge is 0.394 e. The number of aliphatic hydroxyl groups is 1. The summed E-state index contributed by atoms with van der Waals surface area (Å²) in [5.74, 6) is -1.40. The topological polar surface area (TPSA) is 98.3 Å². The highest BCUT2D eigenvalue weighted by molar-refractivity contribution is 6.05. The quantitative estimate of drug-likeness (QED) is 0.766. The predicted molar refractivity (Wildman–Crippen MR) is 81.2 cm³/mol. The number of nitrogens with zero attached hydrogens (tertiary/aromatic N) is 2. The Morgan fingerprint density at radius 2 is 2.39 bits per heavy atom. The molecule has 2 heterocycles. The number of aromatic nitrogens is 2. The Kier molecular flexibility index (Phi) is 3.99. The normalized spacial score (nSPS) is 19.3. The monoisotopic (exact) mass is 320 g/mol. The van der Waals surface area contributed by atoms with Crippen LogP contribution in [0, 0.1) is 11.7 Å². The van der Waals surface area contributed by atoms with Gasteiger partial charge in [0.1, 0.15) is 5.82 Å². The van der Waals surface area contributed by atoms with E-state index in [4.69, 9.17) is 5.11 Å². The van der Waals surface area contributed by atoms with Gasteiger partial charge in [-0.2, -0.15) is 5.10 Å². The number of carbonyl (C=O) groups is 2. The summed E-state index contributed by atoms with van der Waals surface area (Å²) in [5.41, 5.74) is 0.495. The Morgan fingerprint density at radius 1 is 1.61 bits per heavy atom. The van der Waals surface area contributed by atoms with Gasteiger partial charge in [-0.15, -0.1) is 0 Å². The predicted octanol–water partition coefficient (Wildman–Crippen LogP) is 0.552. The van der Waals surface area contributed by atoms with Crippen LogP contribution in [0.15, 0.2) is 18.2 Å². The number of benzene rings is 1. The van der Waals surface area contributed by atoms with E-state index in [1.54, 1.807) is 19.1 Å². The van der Waals surface area contributed by atoms with Gasteiger partial charge in [-0.05, 0) is 19.1 Å². The van der Waals surface area contributed by atoms with Crippen LogP contribution in [0.25, 0.3) is 10.9 Å². The van der Waals surface area contributed by atoms with Gasteiger partial charge in [0.2, 0.25) is 11.8 Å². The summed E-state index contributed by atoms with van der Waals surface area (Å²) in [6.07, 6.45) is 0.0345. The number of fused-ring (bicyclic) bond motifs is 1. The van der Waals surface area contributed by atoms with Crippen molar-refractivity contribution in [3.8, 4) is 0 Å². The number of hydrogen-bond donors (Lipinski definition) is 3. The molecule has 0 unspecified atom stereocenters. The van der Waals surface area contributed by atoms with Crippen LogP contribution in [-0.2, 0) is 9.59 Å². The molecule has 2 amide bonds. The van der Waals surface area contributed by atoms with Gasteiger partial charge in [0.25, 0.3) is 0 Å². The first kappa shape index (κ1) is 15.4. The number of halogens is 1. The van der Waals surface area contributed by atoms with Gasteiger partial charge in [0.05, 0.1) is 23.4 Å². The average Bonchev–Trinajstić information content (AvgIpc) is 3.11. The van der Waals surface area contributed by atoms with Crippen molar-refractivity contribution in [3.05, 3.63) is 24.0 Å². The standard InChI is InChI=1S/C15H17FN4O3/c1-8(7-21)17-15(23)9-5-12(22)20(6-9)14-13-10(16)3-2-4-11(13)18-19-14/h2-4,8-9,21H,5-7H2,1H3,(H,17,23)(H,18,19)/t8-,9-/m1/s1. The lowest BCUT2D eigenvalue weighted by atomic mass is 10.1. The second-order valence-corrected chi connectivity index (χ2v) is 5.71. The van der Waals surface area contributed by atoms with Crippen LogP contribution < -0.4 is 10.2 Å². The Morgan fingerprint density at radius 3 is 3.13 bits per heavy atom. The molecule has 2 atom stereocenters. The highest BCUT2D eigenvalue weighted by atomic mass is 19.1. The molecular weight excluding hydrogens is 303 g/mol. The second-order valence-electron chi connectivity index (χ2n) is 5.71. The Labute approximate surface area is 131 Å². The third-order valence-electron chi connectivity index (χ3n) is 3.93. The number of aromatic amines is 1. The molecule has 0 spiro atoms. The van der Waals surface area contributed by atoms with Crippen molar-refractivity contribution in [3.63, 3.8) is 0 Å². The zero-order valence-corrected chi connectivity index (χ0v) is 12.5. The van der Waals surface area contributed by atoms with Crippen molar-refractivity contribution in [1.82, 2.24) is 15.5 Å². The van der Waals surface area contributed by atoms with E-state index < -0.39 is 11.7 Å². The Bertz CT molecular complexity index is 760. The van der Waals surface area contributed by atoms with Gasteiger partial charge in [0.15, 0.2) is 5.82 Å². The number of hydrogen-bond acceptors (Lipinski definition) is 4. The molecule has 3 N–H and O–H groups in total. The molecule has 122 valence electrons. The lowest BCUT2D eigenvalue weighted by Gasteiger charge is -2.16. The summed E-state index contributed by atoms with van der Waals surface area (Å²) in [4.78, 5) is 25.6. The van der Waals surface area contributed by atoms with E-state index in [1.165, 1.54) is 11.0 Å². The maximum Gasteiger partial charge on any atom is 0.229 e. The SMILES string of the molecule is C[C@H](CO)NC(=O)[C@@H]1CC(=O)N(c2n[nH]c3cccc(F)c23)C1.